The van der Waals surface area contributed by atoms with Gasteiger partial charge < -0.3 is 9.67 Å². The van der Waals surface area contributed by atoms with E-state index in [-0.39, 0.29) is 6.42 Å². The Balaban J connectivity index is 2.27. The number of rotatable bonds is 5. The summed E-state index contributed by atoms with van der Waals surface area (Å²) < 4.78 is 1.93. The summed E-state index contributed by atoms with van der Waals surface area (Å²) >= 11 is 0. The molecule has 0 aliphatic rings. The molecular formula is C13H13NO3. The van der Waals surface area contributed by atoms with E-state index >= 15 is 0 Å². The standard InChI is InChI=1S/C13H13NO3/c15-9-10-8-14(7-3-6-13(16)17)12-5-2-1-4-11(10)12/h1-2,4-5,8-9H,3,6-7H2,(H,16,17). The maximum Gasteiger partial charge on any atom is 0.303 e. The van der Waals surface area contributed by atoms with Crippen molar-refractivity contribution in [3.8, 4) is 0 Å². The molecule has 0 unspecified atom stereocenters. The van der Waals surface area contributed by atoms with Crippen LogP contribution in [0.5, 0.6) is 0 Å². The molecule has 2 aromatic rings. The predicted molar refractivity (Wildman–Crippen MR) is 64.2 cm³/mol. The Morgan fingerprint density at radius 2 is 2.12 bits per heavy atom. The van der Waals surface area contributed by atoms with Gasteiger partial charge in [0, 0.05) is 35.6 Å². The number of carboxylic acid groups (broad SMARTS) is 1. The van der Waals surface area contributed by atoms with Gasteiger partial charge in [0.05, 0.1) is 0 Å². The molecule has 88 valence electrons. The molecule has 2 rings (SSSR count). The molecule has 0 aliphatic heterocycles. The molecule has 4 heteroatoms. The number of para-hydroxylation sites is 1. The van der Waals surface area contributed by atoms with Gasteiger partial charge in [0.25, 0.3) is 0 Å². The van der Waals surface area contributed by atoms with E-state index in [1.165, 1.54) is 0 Å². The predicted octanol–water partition coefficient (Wildman–Crippen LogP) is 2.32. The minimum absolute atomic E-state index is 0.142. The summed E-state index contributed by atoms with van der Waals surface area (Å²) in [7, 11) is 0. The summed E-state index contributed by atoms with van der Waals surface area (Å²) in [4.78, 5) is 21.4. The molecule has 0 radical (unpaired) electrons. The molecule has 1 heterocycles. The van der Waals surface area contributed by atoms with Gasteiger partial charge >= 0.3 is 5.97 Å². The number of carbonyl (C=O) groups excluding carboxylic acids is 1. The quantitative estimate of drug-likeness (QED) is 0.803. The highest BCUT2D eigenvalue weighted by molar-refractivity contribution is 5.97. The van der Waals surface area contributed by atoms with Gasteiger partial charge in [0.1, 0.15) is 0 Å². The molecule has 0 aliphatic carbocycles. The van der Waals surface area contributed by atoms with Crippen molar-refractivity contribution in [1.29, 1.82) is 0 Å². The van der Waals surface area contributed by atoms with Crippen LogP contribution in [-0.4, -0.2) is 21.9 Å². The Morgan fingerprint density at radius 1 is 1.35 bits per heavy atom. The van der Waals surface area contributed by atoms with Crippen molar-refractivity contribution in [2.75, 3.05) is 0 Å². The van der Waals surface area contributed by atoms with E-state index in [9.17, 15) is 9.59 Å². The van der Waals surface area contributed by atoms with E-state index in [1.54, 1.807) is 6.20 Å². The van der Waals surface area contributed by atoms with Crippen LogP contribution in [0.15, 0.2) is 30.5 Å². The number of aliphatic carboxylic acids is 1. The lowest BCUT2D eigenvalue weighted by Crippen LogP contribution is -2.00. The third-order valence-electron chi connectivity index (χ3n) is 2.74. The molecule has 4 nitrogen and oxygen atoms in total. The zero-order chi connectivity index (χ0) is 12.3. The zero-order valence-corrected chi connectivity index (χ0v) is 9.30. The average Bonchev–Trinajstić information content (AvgIpc) is 2.68. The van der Waals surface area contributed by atoms with Crippen LogP contribution in [-0.2, 0) is 11.3 Å². The molecule has 17 heavy (non-hydrogen) atoms. The normalized spacial score (nSPS) is 10.6. The highest BCUT2D eigenvalue weighted by Gasteiger charge is 2.07. The van der Waals surface area contributed by atoms with Crippen LogP contribution < -0.4 is 0 Å². The molecule has 0 saturated heterocycles. The number of carboxylic acids is 1. The van der Waals surface area contributed by atoms with Crippen LogP contribution in [0.3, 0.4) is 0 Å². The lowest BCUT2D eigenvalue weighted by molar-refractivity contribution is -0.137. The molecule has 1 aromatic heterocycles. The second-order valence-corrected chi connectivity index (χ2v) is 3.91. The average molecular weight is 231 g/mol. The van der Waals surface area contributed by atoms with E-state index in [2.05, 4.69) is 0 Å². The summed E-state index contributed by atoms with van der Waals surface area (Å²) in [6.45, 7) is 0.612. The summed E-state index contributed by atoms with van der Waals surface area (Å²) in [5.41, 5.74) is 1.62. The van der Waals surface area contributed by atoms with Crippen molar-refractivity contribution in [3.05, 3.63) is 36.0 Å². The number of fused-ring (bicyclic) bond motifs is 1. The Bertz CT molecular complexity index is 557. The first-order valence-electron chi connectivity index (χ1n) is 5.47. The molecule has 0 amide bonds. The van der Waals surface area contributed by atoms with Gasteiger partial charge in [-0.3, -0.25) is 9.59 Å². The van der Waals surface area contributed by atoms with Crippen LogP contribution in [0.2, 0.25) is 0 Å². The first-order chi connectivity index (χ1) is 8.22. The highest BCUT2D eigenvalue weighted by atomic mass is 16.4. The Labute approximate surface area is 98.5 Å². The van der Waals surface area contributed by atoms with Crippen molar-refractivity contribution in [1.82, 2.24) is 4.57 Å². The zero-order valence-electron chi connectivity index (χ0n) is 9.30. The second-order valence-electron chi connectivity index (χ2n) is 3.91. The van der Waals surface area contributed by atoms with E-state index in [4.69, 9.17) is 5.11 Å². The van der Waals surface area contributed by atoms with Crippen molar-refractivity contribution >= 4 is 23.2 Å². The fourth-order valence-electron chi connectivity index (χ4n) is 1.95. The first-order valence-corrected chi connectivity index (χ1v) is 5.47. The number of aldehydes is 1. The largest absolute Gasteiger partial charge is 0.481 e. The maximum atomic E-state index is 10.9. The monoisotopic (exact) mass is 231 g/mol. The number of aryl methyl sites for hydroxylation is 1. The van der Waals surface area contributed by atoms with E-state index in [1.807, 2.05) is 28.8 Å². The van der Waals surface area contributed by atoms with Crippen LogP contribution in [0, 0.1) is 0 Å². The molecular weight excluding hydrogens is 218 g/mol. The third-order valence-corrected chi connectivity index (χ3v) is 2.74. The topological polar surface area (TPSA) is 59.3 Å². The minimum Gasteiger partial charge on any atom is -0.481 e. The molecule has 1 aromatic carbocycles. The Kier molecular flexibility index (Phi) is 3.23. The fraction of sp³-hybridized carbons (Fsp3) is 0.231. The van der Waals surface area contributed by atoms with Crippen molar-refractivity contribution in [2.24, 2.45) is 0 Å². The summed E-state index contributed by atoms with van der Waals surface area (Å²) in [6, 6.07) is 7.62. The van der Waals surface area contributed by atoms with Gasteiger partial charge in [-0.25, -0.2) is 0 Å². The van der Waals surface area contributed by atoms with E-state index < -0.39 is 5.97 Å². The van der Waals surface area contributed by atoms with Crippen LogP contribution >= 0.6 is 0 Å². The van der Waals surface area contributed by atoms with Crippen LogP contribution in [0.1, 0.15) is 23.2 Å². The number of nitrogens with zero attached hydrogens (tertiary/aromatic N) is 1. The summed E-state index contributed by atoms with van der Waals surface area (Å²) in [5.74, 6) is -0.794. The second kappa shape index (κ2) is 4.82. The van der Waals surface area contributed by atoms with Gasteiger partial charge in [-0.05, 0) is 12.5 Å². The van der Waals surface area contributed by atoms with Gasteiger partial charge in [-0.1, -0.05) is 18.2 Å². The van der Waals surface area contributed by atoms with Crippen LogP contribution in [0.4, 0.5) is 0 Å². The van der Waals surface area contributed by atoms with E-state index in [0.717, 1.165) is 17.2 Å². The van der Waals surface area contributed by atoms with Crippen LogP contribution in [0.25, 0.3) is 10.9 Å². The van der Waals surface area contributed by atoms with Gasteiger partial charge in [-0.2, -0.15) is 0 Å². The molecule has 1 N–H and O–H groups in total. The SMILES string of the molecule is O=Cc1cn(CCCC(=O)O)c2ccccc12. The van der Waals surface area contributed by atoms with Gasteiger partial charge in [-0.15, -0.1) is 0 Å². The van der Waals surface area contributed by atoms with Crippen molar-refractivity contribution < 1.29 is 14.7 Å². The molecule has 0 saturated carbocycles. The van der Waals surface area contributed by atoms with Gasteiger partial charge in [0.2, 0.25) is 0 Å². The molecule has 0 bridgehead atoms. The first kappa shape index (κ1) is 11.4. The molecule has 0 spiro atoms. The number of carbonyl (C=O) groups is 2. The van der Waals surface area contributed by atoms with Crippen molar-refractivity contribution in [2.45, 2.75) is 19.4 Å². The maximum absolute atomic E-state index is 10.9. The Morgan fingerprint density at radius 3 is 2.82 bits per heavy atom. The lowest BCUT2D eigenvalue weighted by Gasteiger charge is -2.03. The molecule has 0 fully saturated rings. The number of hydrogen-bond donors (Lipinski definition) is 1. The smallest absolute Gasteiger partial charge is 0.303 e. The molecule has 0 atom stereocenters. The summed E-state index contributed by atoms with van der Waals surface area (Å²) in [5, 5.41) is 9.51. The number of benzene rings is 1. The summed E-state index contributed by atoms with van der Waals surface area (Å²) in [6.07, 6.45) is 3.31. The van der Waals surface area contributed by atoms with Gasteiger partial charge in [0.15, 0.2) is 6.29 Å². The number of aromatic nitrogens is 1. The Hall–Kier alpha value is -2.10. The highest BCUT2D eigenvalue weighted by Crippen LogP contribution is 2.20. The minimum atomic E-state index is -0.794. The van der Waals surface area contributed by atoms with Crippen molar-refractivity contribution in [3.63, 3.8) is 0 Å². The lowest BCUT2D eigenvalue weighted by atomic mass is 10.2. The van der Waals surface area contributed by atoms with E-state index in [0.29, 0.717) is 18.5 Å². The third kappa shape index (κ3) is 2.36. The fourth-order valence-corrected chi connectivity index (χ4v) is 1.95. The number of hydrogen-bond acceptors (Lipinski definition) is 2.